The van der Waals surface area contributed by atoms with Crippen LogP contribution in [0.15, 0.2) is 72.8 Å². The van der Waals surface area contributed by atoms with Crippen molar-refractivity contribution in [3.8, 4) is 0 Å². The second kappa shape index (κ2) is 7.49. The van der Waals surface area contributed by atoms with Gasteiger partial charge >= 0.3 is 6.03 Å². The Morgan fingerprint density at radius 3 is 2.24 bits per heavy atom. The third-order valence-corrected chi connectivity index (χ3v) is 3.79. The molecule has 5 nitrogen and oxygen atoms in total. The number of fused-ring (bicyclic) bond motifs is 1. The largest absolute Gasteiger partial charge is 0.374 e. The fraction of sp³-hybridized carbons (Fsp3) is 0.100. The Hall–Kier alpha value is -3.34. The first kappa shape index (κ1) is 16.5. The minimum atomic E-state index is -0.553. The van der Waals surface area contributed by atoms with E-state index < -0.39 is 18.0 Å². The van der Waals surface area contributed by atoms with Crippen LogP contribution in [-0.4, -0.2) is 18.0 Å². The predicted molar refractivity (Wildman–Crippen MR) is 101 cm³/mol. The lowest BCUT2D eigenvalue weighted by atomic mass is 10.1. The molecule has 0 aliphatic heterocycles. The molecule has 0 fully saturated rings. The fourth-order valence-corrected chi connectivity index (χ4v) is 2.50. The van der Waals surface area contributed by atoms with Crippen molar-refractivity contribution in [3.05, 3.63) is 72.8 Å². The second-order valence-electron chi connectivity index (χ2n) is 5.74. The number of para-hydroxylation sites is 1. The number of hydrogen-bond acceptors (Lipinski definition) is 3. The lowest BCUT2D eigenvalue weighted by molar-refractivity contribution is -0.120. The molecule has 0 unspecified atom stereocenters. The summed E-state index contributed by atoms with van der Waals surface area (Å²) in [6.07, 6.45) is 0. The van der Waals surface area contributed by atoms with Crippen molar-refractivity contribution in [1.82, 2.24) is 5.32 Å². The highest BCUT2D eigenvalue weighted by Crippen LogP contribution is 2.19. The molecule has 3 aromatic carbocycles. The molecular formula is C20H19N3O2. The Balaban J connectivity index is 1.58. The van der Waals surface area contributed by atoms with E-state index in [-0.39, 0.29) is 0 Å². The van der Waals surface area contributed by atoms with Crippen molar-refractivity contribution in [3.63, 3.8) is 0 Å². The van der Waals surface area contributed by atoms with Gasteiger partial charge in [0.15, 0.2) is 0 Å². The van der Waals surface area contributed by atoms with Crippen LogP contribution in [0.1, 0.15) is 6.92 Å². The van der Waals surface area contributed by atoms with Crippen LogP contribution < -0.4 is 16.0 Å². The van der Waals surface area contributed by atoms with E-state index in [9.17, 15) is 9.59 Å². The minimum absolute atomic E-state index is 0.401. The molecule has 0 spiro atoms. The van der Waals surface area contributed by atoms with Crippen LogP contribution in [0.2, 0.25) is 0 Å². The summed E-state index contributed by atoms with van der Waals surface area (Å²) in [5.74, 6) is -0.401. The Labute approximate surface area is 146 Å². The maximum absolute atomic E-state index is 12.2. The standard InChI is InChI=1S/C20H19N3O2/c1-14(19(24)23-20(25)22-17-9-3-2-4-10-17)21-18-12-11-15-7-5-6-8-16(15)13-18/h2-14,21H,1H3,(H2,22,23,24,25)/t14-/m0/s1. The molecule has 0 heterocycles. The van der Waals surface area contributed by atoms with Gasteiger partial charge in [-0.15, -0.1) is 0 Å². The molecule has 0 aromatic heterocycles. The molecule has 0 aliphatic carbocycles. The highest BCUT2D eigenvalue weighted by Gasteiger charge is 2.15. The van der Waals surface area contributed by atoms with Crippen molar-refractivity contribution in [2.24, 2.45) is 0 Å². The number of anilines is 2. The van der Waals surface area contributed by atoms with E-state index in [1.54, 1.807) is 31.2 Å². The van der Waals surface area contributed by atoms with Crippen molar-refractivity contribution in [2.75, 3.05) is 10.6 Å². The van der Waals surface area contributed by atoms with Crippen LogP contribution in [0, 0.1) is 0 Å². The first-order valence-electron chi connectivity index (χ1n) is 8.04. The van der Waals surface area contributed by atoms with Gasteiger partial charge in [0.05, 0.1) is 0 Å². The maximum atomic E-state index is 12.2. The number of imide groups is 1. The summed E-state index contributed by atoms with van der Waals surface area (Å²) < 4.78 is 0. The summed E-state index contributed by atoms with van der Waals surface area (Å²) in [7, 11) is 0. The minimum Gasteiger partial charge on any atom is -0.374 e. The zero-order valence-corrected chi connectivity index (χ0v) is 13.8. The van der Waals surface area contributed by atoms with E-state index >= 15 is 0 Å². The molecule has 0 bridgehead atoms. The number of hydrogen-bond donors (Lipinski definition) is 3. The Morgan fingerprint density at radius 1 is 0.800 bits per heavy atom. The summed E-state index contributed by atoms with van der Waals surface area (Å²) >= 11 is 0. The summed E-state index contributed by atoms with van der Waals surface area (Å²) in [5.41, 5.74) is 1.45. The maximum Gasteiger partial charge on any atom is 0.325 e. The number of benzene rings is 3. The van der Waals surface area contributed by atoms with Crippen molar-refractivity contribution < 1.29 is 9.59 Å². The van der Waals surface area contributed by atoms with Gasteiger partial charge in [-0.3, -0.25) is 10.1 Å². The lowest BCUT2D eigenvalue weighted by Gasteiger charge is -2.15. The first-order valence-corrected chi connectivity index (χ1v) is 8.04. The predicted octanol–water partition coefficient (Wildman–Crippen LogP) is 3.99. The molecule has 3 N–H and O–H groups in total. The van der Waals surface area contributed by atoms with Gasteiger partial charge in [0.2, 0.25) is 5.91 Å². The molecule has 126 valence electrons. The van der Waals surface area contributed by atoms with Gasteiger partial charge in [0.25, 0.3) is 0 Å². The molecule has 5 heteroatoms. The van der Waals surface area contributed by atoms with Crippen molar-refractivity contribution in [2.45, 2.75) is 13.0 Å². The number of nitrogens with one attached hydrogen (secondary N) is 3. The highest BCUT2D eigenvalue weighted by atomic mass is 16.2. The van der Waals surface area contributed by atoms with E-state index in [4.69, 9.17) is 0 Å². The molecule has 0 radical (unpaired) electrons. The third-order valence-electron chi connectivity index (χ3n) is 3.79. The van der Waals surface area contributed by atoms with E-state index in [0.717, 1.165) is 16.5 Å². The lowest BCUT2D eigenvalue weighted by Crippen LogP contribution is -2.42. The molecule has 0 saturated carbocycles. The number of urea groups is 1. The first-order chi connectivity index (χ1) is 12.1. The molecule has 1 atom stereocenters. The Morgan fingerprint density at radius 2 is 1.48 bits per heavy atom. The zero-order chi connectivity index (χ0) is 17.6. The molecule has 3 amide bonds. The molecule has 3 rings (SSSR count). The monoisotopic (exact) mass is 333 g/mol. The topological polar surface area (TPSA) is 70.2 Å². The summed E-state index contributed by atoms with van der Waals surface area (Å²) in [6, 6.07) is 21.7. The van der Waals surface area contributed by atoms with Gasteiger partial charge in [0.1, 0.15) is 6.04 Å². The molecule has 0 aliphatic rings. The average molecular weight is 333 g/mol. The van der Waals surface area contributed by atoms with Crippen LogP contribution in [0.25, 0.3) is 10.8 Å². The summed E-state index contributed by atoms with van der Waals surface area (Å²) in [6.45, 7) is 1.71. The Bertz CT molecular complexity index is 894. The number of rotatable bonds is 4. The SMILES string of the molecule is C[C@H](Nc1ccc2ccccc2c1)C(=O)NC(=O)Nc1ccccc1. The van der Waals surface area contributed by atoms with Crippen molar-refractivity contribution >= 4 is 34.1 Å². The average Bonchev–Trinajstić information content (AvgIpc) is 2.62. The van der Waals surface area contributed by atoms with Gasteiger partial charge in [-0.1, -0.05) is 48.5 Å². The molecular weight excluding hydrogens is 314 g/mol. The highest BCUT2D eigenvalue weighted by molar-refractivity contribution is 6.03. The second-order valence-corrected chi connectivity index (χ2v) is 5.74. The van der Waals surface area contributed by atoms with Gasteiger partial charge < -0.3 is 10.6 Å². The molecule has 3 aromatic rings. The van der Waals surface area contributed by atoms with Crippen LogP contribution in [0.3, 0.4) is 0 Å². The van der Waals surface area contributed by atoms with Crippen LogP contribution >= 0.6 is 0 Å². The zero-order valence-electron chi connectivity index (χ0n) is 13.8. The normalized spacial score (nSPS) is 11.6. The summed E-state index contributed by atoms with van der Waals surface area (Å²) in [5, 5.41) is 10.3. The number of amides is 3. The molecule has 25 heavy (non-hydrogen) atoms. The van der Waals surface area contributed by atoms with Crippen LogP contribution in [0.5, 0.6) is 0 Å². The van der Waals surface area contributed by atoms with Crippen LogP contribution in [-0.2, 0) is 4.79 Å². The Kier molecular flexibility index (Phi) is 4.95. The van der Waals surface area contributed by atoms with E-state index in [0.29, 0.717) is 5.69 Å². The van der Waals surface area contributed by atoms with E-state index in [1.807, 2.05) is 48.5 Å². The van der Waals surface area contributed by atoms with Crippen molar-refractivity contribution in [1.29, 1.82) is 0 Å². The van der Waals surface area contributed by atoms with Gasteiger partial charge in [-0.25, -0.2) is 4.79 Å². The number of carbonyl (C=O) groups is 2. The van der Waals surface area contributed by atoms with Gasteiger partial charge in [-0.2, -0.15) is 0 Å². The van der Waals surface area contributed by atoms with Crippen LogP contribution in [0.4, 0.5) is 16.2 Å². The quantitative estimate of drug-likeness (QED) is 0.676. The van der Waals surface area contributed by atoms with E-state index in [1.165, 1.54) is 0 Å². The van der Waals surface area contributed by atoms with Gasteiger partial charge in [0, 0.05) is 11.4 Å². The third kappa shape index (κ3) is 4.35. The summed E-state index contributed by atoms with van der Waals surface area (Å²) in [4.78, 5) is 24.1. The van der Waals surface area contributed by atoms with E-state index in [2.05, 4.69) is 16.0 Å². The smallest absolute Gasteiger partial charge is 0.325 e. The molecule has 0 saturated heterocycles. The fourth-order valence-electron chi connectivity index (χ4n) is 2.50. The van der Waals surface area contributed by atoms with Gasteiger partial charge in [-0.05, 0) is 42.0 Å². The number of carbonyl (C=O) groups excluding carboxylic acids is 2.